The molecule has 0 spiro atoms. The molecular formula is C3H8ClNO2. The zero-order chi connectivity index (χ0) is 5.70. The van der Waals surface area contributed by atoms with Gasteiger partial charge in [0.2, 0.25) is 0 Å². The van der Waals surface area contributed by atoms with Gasteiger partial charge in [0.05, 0.1) is 12.7 Å². The molecule has 0 unspecified atom stereocenters. The second-order valence-corrected chi connectivity index (χ2v) is 1.44. The van der Waals surface area contributed by atoms with Crippen LogP contribution < -0.4 is 4.84 Å². The average Bonchev–Trinajstić information content (AvgIpc) is 1.68. The Balaban J connectivity index is 2.83. The van der Waals surface area contributed by atoms with Crippen LogP contribution in [0.5, 0.6) is 0 Å². The van der Waals surface area contributed by atoms with Crippen molar-refractivity contribution < 1.29 is 10.2 Å². The standard InChI is InChI=1S/C3H8ClNO2/c4-5-1-3(7)2-6/h3,5-7H,1-2H2/t3-/m0/s1. The fourth-order valence-electron chi connectivity index (χ4n) is 0.154. The third-order valence-corrected chi connectivity index (χ3v) is 0.678. The third kappa shape index (κ3) is 4.01. The molecule has 0 aliphatic heterocycles. The number of nitrogens with one attached hydrogen (secondary N) is 1. The maximum atomic E-state index is 8.46. The Kier molecular flexibility index (Phi) is 4.44. The topological polar surface area (TPSA) is 52.5 Å². The summed E-state index contributed by atoms with van der Waals surface area (Å²) in [4.78, 5) is 2.18. The van der Waals surface area contributed by atoms with Gasteiger partial charge >= 0.3 is 0 Å². The van der Waals surface area contributed by atoms with Crippen molar-refractivity contribution in [1.82, 2.24) is 4.84 Å². The molecule has 3 nitrogen and oxygen atoms in total. The summed E-state index contributed by atoms with van der Waals surface area (Å²) in [5.74, 6) is 0. The summed E-state index contributed by atoms with van der Waals surface area (Å²) in [6.45, 7) is -0.0300. The first-order valence-electron chi connectivity index (χ1n) is 1.93. The van der Waals surface area contributed by atoms with Crippen LogP contribution in [0, 0.1) is 0 Å². The van der Waals surface area contributed by atoms with Gasteiger partial charge in [-0.2, -0.15) is 0 Å². The molecule has 0 aliphatic rings. The number of hydrogen-bond acceptors (Lipinski definition) is 3. The first kappa shape index (κ1) is 7.17. The van der Waals surface area contributed by atoms with Crippen molar-refractivity contribution in [3.05, 3.63) is 0 Å². The molecule has 0 heterocycles. The molecule has 0 saturated heterocycles. The lowest BCUT2D eigenvalue weighted by molar-refractivity contribution is 0.0990. The Morgan fingerprint density at radius 3 is 2.43 bits per heavy atom. The van der Waals surface area contributed by atoms with Crippen molar-refractivity contribution in [1.29, 1.82) is 0 Å². The SMILES string of the molecule is OC[C@@H](O)CNCl. The summed E-state index contributed by atoms with van der Waals surface area (Å²) in [7, 11) is 0. The van der Waals surface area contributed by atoms with Gasteiger partial charge < -0.3 is 10.2 Å². The molecule has 0 radical (unpaired) electrons. The van der Waals surface area contributed by atoms with E-state index in [9.17, 15) is 0 Å². The van der Waals surface area contributed by atoms with Gasteiger partial charge in [-0.1, -0.05) is 0 Å². The van der Waals surface area contributed by atoms with E-state index in [0.29, 0.717) is 0 Å². The second-order valence-electron chi connectivity index (χ2n) is 1.17. The van der Waals surface area contributed by atoms with E-state index >= 15 is 0 Å². The van der Waals surface area contributed by atoms with Crippen LogP contribution in [0.25, 0.3) is 0 Å². The monoisotopic (exact) mass is 125 g/mol. The van der Waals surface area contributed by atoms with Gasteiger partial charge in [-0.15, -0.1) is 0 Å². The van der Waals surface area contributed by atoms with Crippen molar-refractivity contribution in [2.24, 2.45) is 0 Å². The number of rotatable bonds is 3. The molecule has 0 aromatic heterocycles. The van der Waals surface area contributed by atoms with E-state index in [1.165, 1.54) is 0 Å². The van der Waals surface area contributed by atoms with E-state index in [4.69, 9.17) is 22.0 Å². The maximum Gasteiger partial charge on any atom is 0.0908 e. The van der Waals surface area contributed by atoms with Crippen LogP contribution in [-0.4, -0.2) is 29.5 Å². The van der Waals surface area contributed by atoms with Gasteiger partial charge in [0.25, 0.3) is 0 Å². The summed E-state index contributed by atoms with van der Waals surface area (Å²) in [5, 5.41) is 16.6. The van der Waals surface area contributed by atoms with Gasteiger partial charge in [0.15, 0.2) is 0 Å². The molecule has 44 valence electrons. The Hall–Kier alpha value is 0.170. The maximum absolute atomic E-state index is 8.46. The van der Waals surface area contributed by atoms with Crippen LogP contribution in [-0.2, 0) is 0 Å². The summed E-state index contributed by atoms with van der Waals surface area (Å²) in [5.41, 5.74) is 0. The molecule has 0 saturated carbocycles. The second kappa shape index (κ2) is 4.33. The first-order valence-corrected chi connectivity index (χ1v) is 2.31. The molecule has 0 aliphatic carbocycles. The van der Waals surface area contributed by atoms with Gasteiger partial charge in [0, 0.05) is 6.54 Å². The Morgan fingerprint density at radius 2 is 2.29 bits per heavy atom. The normalized spacial score (nSPS) is 14.1. The fraction of sp³-hybridized carbons (Fsp3) is 1.00. The molecule has 0 fully saturated rings. The van der Waals surface area contributed by atoms with Crippen molar-refractivity contribution in [3.8, 4) is 0 Å². The van der Waals surface area contributed by atoms with Crippen LogP contribution >= 0.6 is 11.8 Å². The summed E-state index contributed by atoms with van der Waals surface area (Å²) in [6, 6.07) is 0. The average molecular weight is 126 g/mol. The quantitative estimate of drug-likeness (QED) is 0.428. The lowest BCUT2D eigenvalue weighted by Crippen LogP contribution is -2.23. The highest BCUT2D eigenvalue weighted by Gasteiger charge is 1.96. The van der Waals surface area contributed by atoms with E-state index in [1.807, 2.05) is 0 Å². The predicted molar refractivity (Wildman–Crippen MR) is 26.9 cm³/mol. The molecule has 0 bridgehead atoms. The zero-order valence-electron chi connectivity index (χ0n) is 3.76. The highest BCUT2D eigenvalue weighted by molar-refractivity contribution is 6.13. The van der Waals surface area contributed by atoms with Gasteiger partial charge in [-0.05, 0) is 11.8 Å². The van der Waals surface area contributed by atoms with Crippen LogP contribution in [0.4, 0.5) is 0 Å². The van der Waals surface area contributed by atoms with Crippen LogP contribution in [0.15, 0.2) is 0 Å². The van der Waals surface area contributed by atoms with Crippen molar-refractivity contribution >= 4 is 11.8 Å². The van der Waals surface area contributed by atoms with E-state index in [-0.39, 0.29) is 13.2 Å². The fourth-order valence-corrected chi connectivity index (χ4v) is 0.332. The zero-order valence-corrected chi connectivity index (χ0v) is 4.52. The Labute approximate surface area is 47.0 Å². The van der Waals surface area contributed by atoms with Crippen molar-refractivity contribution in [2.75, 3.05) is 13.2 Å². The minimum absolute atomic E-state index is 0.220. The van der Waals surface area contributed by atoms with Crippen LogP contribution in [0.2, 0.25) is 0 Å². The number of halogens is 1. The van der Waals surface area contributed by atoms with Crippen LogP contribution in [0.1, 0.15) is 0 Å². The summed E-state index contributed by atoms with van der Waals surface area (Å²) >= 11 is 4.95. The van der Waals surface area contributed by atoms with E-state index in [1.54, 1.807) is 0 Å². The molecule has 0 amide bonds. The molecule has 0 rings (SSSR count). The Bertz CT molecular complexity index is 43.9. The van der Waals surface area contributed by atoms with E-state index in [2.05, 4.69) is 4.84 Å². The molecular weight excluding hydrogens is 117 g/mol. The lowest BCUT2D eigenvalue weighted by atomic mass is 10.4. The highest BCUT2D eigenvalue weighted by Crippen LogP contribution is 1.75. The van der Waals surface area contributed by atoms with E-state index in [0.717, 1.165) is 0 Å². The lowest BCUT2D eigenvalue weighted by Gasteiger charge is -2.01. The highest BCUT2D eigenvalue weighted by atomic mass is 35.5. The molecule has 1 atom stereocenters. The molecule has 7 heavy (non-hydrogen) atoms. The van der Waals surface area contributed by atoms with Gasteiger partial charge in [0.1, 0.15) is 0 Å². The third-order valence-electron chi connectivity index (χ3n) is 0.524. The molecule has 0 aromatic rings. The minimum atomic E-state index is -0.738. The first-order chi connectivity index (χ1) is 3.31. The predicted octanol–water partition coefficient (Wildman–Crippen LogP) is -0.917. The Morgan fingerprint density at radius 1 is 1.71 bits per heavy atom. The smallest absolute Gasteiger partial charge is 0.0908 e. The van der Waals surface area contributed by atoms with E-state index < -0.39 is 6.10 Å². The van der Waals surface area contributed by atoms with Gasteiger partial charge in [-0.3, -0.25) is 0 Å². The van der Waals surface area contributed by atoms with Crippen molar-refractivity contribution in [3.63, 3.8) is 0 Å². The molecule has 4 heteroatoms. The number of hydrogen-bond donors (Lipinski definition) is 3. The van der Waals surface area contributed by atoms with Gasteiger partial charge in [-0.25, -0.2) is 4.84 Å². The minimum Gasteiger partial charge on any atom is -0.394 e. The number of aliphatic hydroxyl groups is 2. The van der Waals surface area contributed by atoms with Crippen LogP contribution in [0.3, 0.4) is 0 Å². The molecule has 3 N–H and O–H groups in total. The largest absolute Gasteiger partial charge is 0.394 e. The van der Waals surface area contributed by atoms with Crippen molar-refractivity contribution in [2.45, 2.75) is 6.10 Å². The molecule has 0 aromatic carbocycles. The summed E-state index contributed by atoms with van der Waals surface area (Å²) in [6.07, 6.45) is -0.738. The number of aliphatic hydroxyl groups excluding tert-OH is 2. The summed E-state index contributed by atoms with van der Waals surface area (Å²) < 4.78 is 0.